The largest absolute Gasteiger partial charge is 0.377 e. The molecule has 4 heteroatoms. The molecule has 2 nitrogen and oxygen atoms in total. The van der Waals surface area contributed by atoms with Crippen molar-refractivity contribution < 1.29 is 9.13 Å². The molecule has 0 aliphatic carbocycles. The predicted molar refractivity (Wildman–Crippen MR) is 69.0 cm³/mol. The third-order valence-corrected chi connectivity index (χ3v) is 2.88. The Morgan fingerprint density at radius 1 is 1.41 bits per heavy atom. The van der Waals surface area contributed by atoms with Crippen LogP contribution >= 0.6 is 11.6 Å². The lowest BCUT2D eigenvalue weighted by atomic mass is 10.1. The van der Waals surface area contributed by atoms with Gasteiger partial charge in [-0.2, -0.15) is 0 Å². The fourth-order valence-corrected chi connectivity index (χ4v) is 1.71. The highest BCUT2D eigenvalue weighted by Crippen LogP contribution is 2.18. The molecule has 1 aromatic carbocycles. The normalized spacial score (nSPS) is 13.1. The molecule has 0 aliphatic rings. The molecule has 1 aromatic rings. The first-order valence-electron chi connectivity index (χ1n) is 5.75. The van der Waals surface area contributed by atoms with Crippen molar-refractivity contribution in [2.45, 2.75) is 32.4 Å². The van der Waals surface area contributed by atoms with E-state index in [1.807, 2.05) is 20.9 Å². The third-order valence-electron chi connectivity index (χ3n) is 2.51. The van der Waals surface area contributed by atoms with E-state index < -0.39 is 0 Å². The number of halogens is 2. The molecule has 0 fully saturated rings. The van der Waals surface area contributed by atoms with E-state index in [4.69, 9.17) is 16.3 Å². The molecule has 0 amide bonds. The lowest BCUT2D eigenvalue weighted by Crippen LogP contribution is -2.33. The van der Waals surface area contributed by atoms with Crippen LogP contribution in [0.15, 0.2) is 18.2 Å². The van der Waals surface area contributed by atoms with E-state index in [9.17, 15) is 4.39 Å². The Morgan fingerprint density at radius 2 is 2.12 bits per heavy atom. The number of likely N-dealkylation sites (N-methyl/N-ethyl adjacent to an activating group) is 1. The maximum absolute atomic E-state index is 13.1. The SMILES string of the molecule is CNC(COC(C)C)Cc1cc(F)ccc1Cl. The summed E-state index contributed by atoms with van der Waals surface area (Å²) in [6.45, 7) is 4.56. The fourth-order valence-electron chi connectivity index (χ4n) is 1.52. The maximum Gasteiger partial charge on any atom is 0.123 e. The number of hydrogen-bond donors (Lipinski definition) is 1. The minimum atomic E-state index is -0.260. The summed E-state index contributed by atoms with van der Waals surface area (Å²) in [6.07, 6.45) is 0.841. The number of nitrogens with one attached hydrogen (secondary N) is 1. The molecular weight excluding hydrogens is 241 g/mol. The van der Waals surface area contributed by atoms with Crippen molar-refractivity contribution in [2.24, 2.45) is 0 Å². The van der Waals surface area contributed by atoms with Gasteiger partial charge in [0.05, 0.1) is 12.7 Å². The number of rotatable bonds is 6. The van der Waals surface area contributed by atoms with E-state index in [1.54, 1.807) is 6.07 Å². The molecule has 0 saturated heterocycles. The smallest absolute Gasteiger partial charge is 0.123 e. The van der Waals surface area contributed by atoms with E-state index in [0.717, 1.165) is 5.56 Å². The first kappa shape index (κ1) is 14.4. The van der Waals surface area contributed by atoms with Crippen LogP contribution in [-0.2, 0) is 11.2 Å². The molecule has 1 N–H and O–H groups in total. The lowest BCUT2D eigenvalue weighted by Gasteiger charge is -2.18. The van der Waals surface area contributed by atoms with Gasteiger partial charge in [-0.15, -0.1) is 0 Å². The van der Waals surface area contributed by atoms with Crippen LogP contribution in [0.3, 0.4) is 0 Å². The predicted octanol–water partition coefficient (Wildman–Crippen LogP) is 3.03. The molecule has 0 spiro atoms. The van der Waals surface area contributed by atoms with Gasteiger partial charge >= 0.3 is 0 Å². The van der Waals surface area contributed by atoms with E-state index in [2.05, 4.69) is 5.32 Å². The Kier molecular flexibility index (Phi) is 5.89. The highest BCUT2D eigenvalue weighted by Gasteiger charge is 2.11. The zero-order chi connectivity index (χ0) is 12.8. The van der Waals surface area contributed by atoms with Gasteiger partial charge in [-0.3, -0.25) is 0 Å². The highest BCUT2D eigenvalue weighted by atomic mass is 35.5. The van der Waals surface area contributed by atoms with Crippen molar-refractivity contribution in [3.05, 3.63) is 34.6 Å². The summed E-state index contributed by atoms with van der Waals surface area (Å²) in [5.41, 5.74) is 0.804. The van der Waals surface area contributed by atoms with E-state index in [0.29, 0.717) is 18.1 Å². The minimum Gasteiger partial charge on any atom is -0.377 e. The van der Waals surface area contributed by atoms with Gasteiger partial charge in [0.15, 0.2) is 0 Å². The number of benzene rings is 1. The maximum atomic E-state index is 13.1. The summed E-state index contributed by atoms with van der Waals surface area (Å²) in [5.74, 6) is -0.260. The van der Waals surface area contributed by atoms with Crippen molar-refractivity contribution >= 4 is 11.6 Å². The van der Waals surface area contributed by atoms with Gasteiger partial charge in [-0.25, -0.2) is 4.39 Å². The Labute approximate surface area is 107 Å². The van der Waals surface area contributed by atoms with Crippen LogP contribution in [0.5, 0.6) is 0 Å². The second-order valence-corrected chi connectivity index (χ2v) is 4.71. The van der Waals surface area contributed by atoms with Crippen LogP contribution in [0.4, 0.5) is 4.39 Å². The zero-order valence-electron chi connectivity index (χ0n) is 10.5. The van der Waals surface area contributed by atoms with Crippen molar-refractivity contribution in [2.75, 3.05) is 13.7 Å². The van der Waals surface area contributed by atoms with Gasteiger partial charge in [-0.1, -0.05) is 11.6 Å². The molecule has 1 rings (SSSR count). The van der Waals surface area contributed by atoms with Crippen molar-refractivity contribution in [3.8, 4) is 0 Å². The van der Waals surface area contributed by atoms with Gasteiger partial charge in [0.2, 0.25) is 0 Å². The molecule has 0 saturated carbocycles. The molecule has 0 radical (unpaired) electrons. The second-order valence-electron chi connectivity index (χ2n) is 4.31. The van der Waals surface area contributed by atoms with Crippen molar-refractivity contribution in [3.63, 3.8) is 0 Å². The molecule has 1 unspecified atom stereocenters. The molecule has 0 heterocycles. The summed E-state index contributed by atoms with van der Waals surface area (Å²) in [5, 5.41) is 3.74. The topological polar surface area (TPSA) is 21.3 Å². The Balaban J connectivity index is 2.63. The van der Waals surface area contributed by atoms with Crippen LogP contribution < -0.4 is 5.32 Å². The fraction of sp³-hybridized carbons (Fsp3) is 0.538. The van der Waals surface area contributed by atoms with E-state index in [1.165, 1.54) is 12.1 Å². The van der Waals surface area contributed by atoms with Crippen molar-refractivity contribution in [1.82, 2.24) is 5.32 Å². The molecule has 1 atom stereocenters. The quantitative estimate of drug-likeness (QED) is 0.848. The standard InChI is InChI=1S/C13H19ClFNO/c1-9(2)17-8-12(16-3)7-10-6-11(15)4-5-13(10)14/h4-6,9,12,16H,7-8H2,1-3H3. The summed E-state index contributed by atoms with van der Waals surface area (Å²) < 4.78 is 18.6. The molecule has 0 aromatic heterocycles. The second kappa shape index (κ2) is 6.94. The first-order valence-corrected chi connectivity index (χ1v) is 6.13. The monoisotopic (exact) mass is 259 g/mol. The third kappa shape index (κ3) is 5.02. The molecular formula is C13H19ClFNO. The Morgan fingerprint density at radius 3 is 2.71 bits per heavy atom. The minimum absolute atomic E-state index is 0.136. The van der Waals surface area contributed by atoms with Gasteiger partial charge in [0, 0.05) is 11.1 Å². The van der Waals surface area contributed by atoms with Gasteiger partial charge in [0.1, 0.15) is 5.82 Å². The average Bonchev–Trinajstić information content (AvgIpc) is 2.28. The number of hydrogen-bond acceptors (Lipinski definition) is 2. The molecule has 96 valence electrons. The number of ether oxygens (including phenoxy) is 1. The van der Waals surface area contributed by atoms with Crippen LogP contribution in [0.1, 0.15) is 19.4 Å². The summed E-state index contributed by atoms with van der Waals surface area (Å²) in [6, 6.07) is 4.56. The van der Waals surface area contributed by atoms with Crippen LogP contribution in [-0.4, -0.2) is 25.8 Å². The lowest BCUT2D eigenvalue weighted by molar-refractivity contribution is 0.0627. The highest BCUT2D eigenvalue weighted by molar-refractivity contribution is 6.31. The van der Waals surface area contributed by atoms with Gasteiger partial charge in [0.25, 0.3) is 0 Å². The average molecular weight is 260 g/mol. The zero-order valence-corrected chi connectivity index (χ0v) is 11.2. The van der Waals surface area contributed by atoms with Crippen molar-refractivity contribution in [1.29, 1.82) is 0 Å². The van der Waals surface area contributed by atoms with Crippen LogP contribution in [0.2, 0.25) is 5.02 Å². The van der Waals surface area contributed by atoms with E-state index >= 15 is 0 Å². The summed E-state index contributed by atoms with van der Waals surface area (Å²) >= 11 is 6.02. The Hall–Kier alpha value is -0.640. The Bertz CT molecular complexity index is 357. The summed E-state index contributed by atoms with van der Waals surface area (Å²) in [4.78, 5) is 0. The molecule has 17 heavy (non-hydrogen) atoms. The molecule has 0 aliphatic heterocycles. The van der Waals surface area contributed by atoms with Crippen LogP contribution in [0.25, 0.3) is 0 Å². The van der Waals surface area contributed by atoms with Gasteiger partial charge in [-0.05, 0) is 51.1 Å². The van der Waals surface area contributed by atoms with Crippen LogP contribution in [0, 0.1) is 5.82 Å². The van der Waals surface area contributed by atoms with E-state index in [-0.39, 0.29) is 18.0 Å². The summed E-state index contributed by atoms with van der Waals surface area (Å²) in [7, 11) is 1.86. The first-order chi connectivity index (χ1) is 8.02. The van der Waals surface area contributed by atoms with Gasteiger partial charge < -0.3 is 10.1 Å². The molecule has 0 bridgehead atoms.